The van der Waals surface area contributed by atoms with Crippen LogP contribution in [0.15, 0.2) is 24.3 Å². The van der Waals surface area contributed by atoms with Crippen molar-refractivity contribution < 1.29 is 4.79 Å². The molecular formula is C32H58N4O. The normalized spacial score (nSPS) is 20.6. The van der Waals surface area contributed by atoms with Gasteiger partial charge in [-0.05, 0) is 58.6 Å². The summed E-state index contributed by atoms with van der Waals surface area (Å²) in [6.45, 7) is 25.7. The molecular weight excluding hydrogens is 456 g/mol. The van der Waals surface area contributed by atoms with Crippen molar-refractivity contribution in [1.82, 2.24) is 19.6 Å². The van der Waals surface area contributed by atoms with Gasteiger partial charge in [0.05, 0.1) is 0 Å². The molecule has 3 unspecified atom stereocenters. The van der Waals surface area contributed by atoms with E-state index in [4.69, 9.17) is 0 Å². The number of benzene rings is 1. The third-order valence-corrected chi connectivity index (χ3v) is 8.48. The number of carbonyl (C=O) groups excluding carboxylic acids is 1. The lowest BCUT2D eigenvalue weighted by Crippen LogP contribution is -2.50. The minimum Gasteiger partial charge on any atom is -0.298 e. The molecule has 0 amide bonds. The van der Waals surface area contributed by atoms with Crippen molar-refractivity contribution in [2.45, 2.75) is 112 Å². The van der Waals surface area contributed by atoms with E-state index >= 15 is 0 Å². The van der Waals surface area contributed by atoms with Gasteiger partial charge in [0.2, 0.25) is 0 Å². The lowest BCUT2D eigenvalue weighted by atomic mass is 10.1. The van der Waals surface area contributed by atoms with Crippen molar-refractivity contribution >= 4 is 5.78 Å². The van der Waals surface area contributed by atoms with E-state index < -0.39 is 0 Å². The zero-order chi connectivity index (χ0) is 27.2. The van der Waals surface area contributed by atoms with Crippen LogP contribution in [-0.2, 0) is 6.54 Å². The van der Waals surface area contributed by atoms with Crippen molar-refractivity contribution in [2.24, 2.45) is 0 Å². The molecule has 0 aromatic heterocycles. The average molecular weight is 515 g/mol. The fraction of sp³-hybridized carbons (Fsp3) is 0.781. The van der Waals surface area contributed by atoms with Gasteiger partial charge in [0.15, 0.2) is 5.78 Å². The van der Waals surface area contributed by atoms with Crippen molar-refractivity contribution in [3.63, 3.8) is 0 Å². The first kappa shape index (κ1) is 31.9. The molecule has 5 heteroatoms. The van der Waals surface area contributed by atoms with Crippen molar-refractivity contribution in [2.75, 3.05) is 52.4 Å². The number of carbonyl (C=O) groups is 1. The summed E-state index contributed by atoms with van der Waals surface area (Å²) in [7, 11) is 0. The second-order valence-electron chi connectivity index (χ2n) is 11.6. The van der Waals surface area contributed by atoms with E-state index in [0.717, 1.165) is 64.5 Å². The highest BCUT2D eigenvalue weighted by atomic mass is 16.1. The van der Waals surface area contributed by atoms with Crippen molar-refractivity contribution in [1.29, 1.82) is 0 Å². The van der Waals surface area contributed by atoms with E-state index in [0.29, 0.717) is 18.1 Å². The van der Waals surface area contributed by atoms with Crippen LogP contribution < -0.4 is 0 Å². The molecule has 0 N–H and O–H groups in total. The third-order valence-electron chi connectivity index (χ3n) is 8.48. The molecule has 1 fully saturated rings. The summed E-state index contributed by atoms with van der Waals surface area (Å²) in [5.41, 5.74) is 2.07. The third kappa shape index (κ3) is 11.2. The largest absolute Gasteiger partial charge is 0.298 e. The number of Topliss-reactive ketones (excluding diaryl/α,β-unsaturated/α-hetero) is 1. The quantitative estimate of drug-likeness (QED) is 0.311. The zero-order valence-electron chi connectivity index (χ0n) is 25.3. The van der Waals surface area contributed by atoms with E-state index in [1.165, 1.54) is 44.1 Å². The second-order valence-corrected chi connectivity index (χ2v) is 11.6. The number of nitrogens with zero attached hydrogens (tertiary/aromatic N) is 4. The summed E-state index contributed by atoms with van der Waals surface area (Å²) in [5.74, 6) is 0.150. The van der Waals surface area contributed by atoms with Crippen LogP contribution in [0.2, 0.25) is 0 Å². The van der Waals surface area contributed by atoms with E-state index in [-0.39, 0.29) is 5.78 Å². The van der Waals surface area contributed by atoms with Crippen LogP contribution in [0, 0.1) is 0 Å². The minimum absolute atomic E-state index is 0.150. The average Bonchev–Trinajstić information content (AvgIpc) is 2.86. The molecule has 0 radical (unpaired) electrons. The van der Waals surface area contributed by atoms with Crippen LogP contribution in [0.5, 0.6) is 0 Å². The van der Waals surface area contributed by atoms with Crippen molar-refractivity contribution in [3.8, 4) is 0 Å². The molecule has 0 saturated carbocycles. The Morgan fingerprint density at radius 1 is 0.703 bits per heavy atom. The first-order chi connectivity index (χ1) is 17.8. The molecule has 1 aliphatic rings. The number of hydrogen-bond acceptors (Lipinski definition) is 5. The molecule has 37 heavy (non-hydrogen) atoms. The van der Waals surface area contributed by atoms with Crippen molar-refractivity contribution in [3.05, 3.63) is 35.4 Å². The Hall–Kier alpha value is -1.27. The lowest BCUT2D eigenvalue weighted by molar-refractivity contribution is 0.0824. The molecule has 2 rings (SSSR count). The van der Waals surface area contributed by atoms with Gasteiger partial charge in [-0.15, -0.1) is 0 Å². The molecule has 0 bridgehead atoms. The Labute approximate surface area is 229 Å². The van der Waals surface area contributed by atoms with Crippen LogP contribution >= 0.6 is 0 Å². The second kappa shape index (κ2) is 17.3. The van der Waals surface area contributed by atoms with Gasteiger partial charge in [0.25, 0.3) is 0 Å². The van der Waals surface area contributed by atoms with Crippen LogP contribution in [0.4, 0.5) is 0 Å². The van der Waals surface area contributed by atoms with Gasteiger partial charge < -0.3 is 0 Å². The monoisotopic (exact) mass is 514 g/mol. The van der Waals surface area contributed by atoms with Crippen LogP contribution in [0.1, 0.15) is 103 Å². The number of ketones is 1. The SMILES string of the molecule is CCCC(C)N1CCN(Cc2cccc(C(C)=O)c2)CCN(C(C)CCC)CCN(C(C)CCC)CC1. The molecule has 1 saturated heterocycles. The molecule has 5 nitrogen and oxygen atoms in total. The molecule has 0 aliphatic carbocycles. The predicted octanol–water partition coefficient (Wildman–Crippen LogP) is 6.18. The Kier molecular flexibility index (Phi) is 15.0. The molecule has 212 valence electrons. The van der Waals surface area contributed by atoms with Crippen LogP contribution in [0.25, 0.3) is 0 Å². The molecule has 1 aromatic carbocycles. The summed E-state index contributed by atoms with van der Waals surface area (Å²) >= 11 is 0. The zero-order valence-corrected chi connectivity index (χ0v) is 25.3. The Morgan fingerprint density at radius 2 is 1.11 bits per heavy atom. The van der Waals surface area contributed by atoms with E-state index in [2.05, 4.69) is 73.3 Å². The molecule has 1 aliphatic heterocycles. The fourth-order valence-electron chi connectivity index (χ4n) is 5.93. The highest BCUT2D eigenvalue weighted by Crippen LogP contribution is 2.15. The first-order valence-electron chi connectivity index (χ1n) is 15.3. The molecule has 3 atom stereocenters. The number of rotatable bonds is 12. The van der Waals surface area contributed by atoms with E-state index in [1.807, 2.05) is 12.1 Å². The van der Waals surface area contributed by atoms with Gasteiger partial charge >= 0.3 is 0 Å². The van der Waals surface area contributed by atoms with Gasteiger partial charge in [-0.3, -0.25) is 24.4 Å². The van der Waals surface area contributed by atoms with Gasteiger partial charge in [-0.25, -0.2) is 0 Å². The smallest absolute Gasteiger partial charge is 0.159 e. The van der Waals surface area contributed by atoms with Gasteiger partial charge in [0.1, 0.15) is 0 Å². The fourth-order valence-corrected chi connectivity index (χ4v) is 5.93. The summed E-state index contributed by atoms with van der Waals surface area (Å²) < 4.78 is 0. The highest BCUT2D eigenvalue weighted by molar-refractivity contribution is 5.94. The molecule has 1 aromatic rings. The lowest BCUT2D eigenvalue weighted by Gasteiger charge is -2.39. The van der Waals surface area contributed by atoms with E-state index in [1.54, 1.807) is 6.92 Å². The Balaban J connectivity index is 2.26. The maximum Gasteiger partial charge on any atom is 0.159 e. The maximum absolute atomic E-state index is 12.0. The summed E-state index contributed by atoms with van der Waals surface area (Å²) in [6, 6.07) is 10.1. The summed E-state index contributed by atoms with van der Waals surface area (Å²) in [4.78, 5) is 22.9. The highest BCUT2D eigenvalue weighted by Gasteiger charge is 2.23. The van der Waals surface area contributed by atoms with E-state index in [9.17, 15) is 4.79 Å². The topological polar surface area (TPSA) is 30.0 Å². The summed E-state index contributed by atoms with van der Waals surface area (Å²) in [5, 5.41) is 0. The molecule has 0 spiro atoms. The number of hydrogen-bond donors (Lipinski definition) is 0. The Morgan fingerprint density at radius 3 is 1.49 bits per heavy atom. The predicted molar refractivity (Wildman–Crippen MR) is 160 cm³/mol. The van der Waals surface area contributed by atoms with Gasteiger partial charge in [-0.2, -0.15) is 0 Å². The van der Waals surface area contributed by atoms with Crippen LogP contribution in [0.3, 0.4) is 0 Å². The van der Waals surface area contributed by atoms with Gasteiger partial charge in [-0.1, -0.05) is 58.2 Å². The van der Waals surface area contributed by atoms with Crippen LogP contribution in [-0.4, -0.2) is 95.9 Å². The first-order valence-corrected chi connectivity index (χ1v) is 15.3. The standard InChI is InChI=1S/C32H58N4O/c1-8-12-27(4)34-19-17-33(26-31-15-11-16-32(25-31)30(7)37)18-20-35(28(5)13-9-2)22-24-36(23-21-34)29(6)14-10-3/h11,15-16,25,27-29H,8-10,12-14,17-24,26H2,1-7H3. The van der Waals surface area contributed by atoms with Gasteiger partial charge in [0, 0.05) is 82.6 Å². The molecule has 1 heterocycles. The minimum atomic E-state index is 0.150. The Bertz CT molecular complexity index is 741. The summed E-state index contributed by atoms with van der Waals surface area (Å²) in [6.07, 6.45) is 7.52. The maximum atomic E-state index is 12.0.